The quantitative estimate of drug-likeness (QED) is 0.710. The van der Waals surface area contributed by atoms with Crippen molar-refractivity contribution in [3.63, 3.8) is 0 Å². The molecule has 0 aromatic carbocycles. The van der Waals surface area contributed by atoms with Crippen LogP contribution in [0.2, 0.25) is 0 Å². The van der Waals surface area contributed by atoms with Crippen molar-refractivity contribution in [3.05, 3.63) is 0 Å². The molecule has 14 heavy (non-hydrogen) atoms. The average molecular weight is 197 g/mol. The van der Waals surface area contributed by atoms with Gasteiger partial charge in [0.15, 0.2) is 0 Å². The summed E-state index contributed by atoms with van der Waals surface area (Å²) in [6.07, 6.45) is 8.57. The summed E-state index contributed by atoms with van der Waals surface area (Å²) < 4.78 is 0. The van der Waals surface area contributed by atoms with E-state index in [2.05, 4.69) is 12.2 Å². The minimum absolute atomic E-state index is 0.0837. The van der Waals surface area contributed by atoms with Crippen molar-refractivity contribution in [2.75, 3.05) is 0 Å². The van der Waals surface area contributed by atoms with Crippen LogP contribution in [-0.2, 0) is 0 Å². The fourth-order valence-electron chi connectivity index (χ4n) is 2.97. The minimum atomic E-state index is -0.0837. The van der Waals surface area contributed by atoms with Crippen molar-refractivity contribution in [1.29, 1.82) is 0 Å². The second-order valence-corrected chi connectivity index (χ2v) is 5.24. The Morgan fingerprint density at radius 2 is 1.86 bits per heavy atom. The molecule has 0 saturated heterocycles. The molecule has 2 N–H and O–H groups in total. The highest BCUT2D eigenvalue weighted by molar-refractivity contribution is 4.86. The number of nitrogens with one attached hydrogen (secondary N) is 1. The molecule has 0 amide bonds. The van der Waals surface area contributed by atoms with Gasteiger partial charge < -0.3 is 10.4 Å². The van der Waals surface area contributed by atoms with Crippen LogP contribution in [0.25, 0.3) is 0 Å². The monoisotopic (exact) mass is 197 g/mol. The van der Waals surface area contributed by atoms with E-state index in [1.165, 1.54) is 38.5 Å². The zero-order chi connectivity index (χ0) is 9.97. The molecule has 2 fully saturated rings. The van der Waals surface area contributed by atoms with Crippen LogP contribution in [0.5, 0.6) is 0 Å². The standard InChI is InChI=1S/C12H23NO/c1-9-6-7-10(8-9)13-11-4-2-3-5-12(11)14/h9-14H,2-8H2,1H3/t9-,10+,11+,12+/m1/s1. The maximum Gasteiger partial charge on any atom is 0.0693 e. The lowest BCUT2D eigenvalue weighted by molar-refractivity contribution is 0.0850. The largest absolute Gasteiger partial charge is 0.392 e. The van der Waals surface area contributed by atoms with E-state index >= 15 is 0 Å². The summed E-state index contributed by atoms with van der Waals surface area (Å²) in [7, 11) is 0. The van der Waals surface area contributed by atoms with Crippen molar-refractivity contribution < 1.29 is 5.11 Å². The summed E-state index contributed by atoms with van der Waals surface area (Å²) in [6, 6.07) is 1.07. The minimum Gasteiger partial charge on any atom is -0.392 e. The van der Waals surface area contributed by atoms with Gasteiger partial charge >= 0.3 is 0 Å². The van der Waals surface area contributed by atoms with Crippen molar-refractivity contribution in [3.8, 4) is 0 Å². The van der Waals surface area contributed by atoms with Gasteiger partial charge in [-0.1, -0.05) is 19.8 Å². The topological polar surface area (TPSA) is 32.3 Å². The van der Waals surface area contributed by atoms with Crippen LogP contribution >= 0.6 is 0 Å². The summed E-state index contributed by atoms with van der Waals surface area (Å²) in [5.41, 5.74) is 0. The predicted octanol–water partition coefficient (Wildman–Crippen LogP) is 2.07. The Morgan fingerprint density at radius 3 is 2.50 bits per heavy atom. The van der Waals surface area contributed by atoms with Gasteiger partial charge in [-0.05, 0) is 38.0 Å². The number of aliphatic hydroxyl groups excluding tert-OH is 1. The molecule has 4 atom stereocenters. The molecule has 2 nitrogen and oxygen atoms in total. The van der Waals surface area contributed by atoms with Gasteiger partial charge in [-0.15, -0.1) is 0 Å². The van der Waals surface area contributed by atoms with E-state index in [0.29, 0.717) is 12.1 Å². The lowest BCUT2D eigenvalue weighted by Crippen LogP contribution is -2.46. The molecule has 82 valence electrons. The van der Waals surface area contributed by atoms with Gasteiger partial charge in [0.25, 0.3) is 0 Å². The van der Waals surface area contributed by atoms with Crippen molar-refractivity contribution >= 4 is 0 Å². The first-order valence-corrected chi connectivity index (χ1v) is 6.20. The Kier molecular flexibility index (Phi) is 3.45. The second kappa shape index (κ2) is 4.63. The molecule has 0 heterocycles. The first-order valence-electron chi connectivity index (χ1n) is 6.20. The molecule has 2 heteroatoms. The zero-order valence-electron chi connectivity index (χ0n) is 9.21. The average Bonchev–Trinajstić information content (AvgIpc) is 2.56. The molecule has 0 aromatic rings. The molecule has 0 radical (unpaired) electrons. The Morgan fingerprint density at radius 1 is 1.07 bits per heavy atom. The van der Waals surface area contributed by atoms with Crippen LogP contribution in [0.3, 0.4) is 0 Å². The van der Waals surface area contributed by atoms with Gasteiger partial charge in [0, 0.05) is 12.1 Å². The van der Waals surface area contributed by atoms with Crippen LogP contribution in [0.15, 0.2) is 0 Å². The van der Waals surface area contributed by atoms with E-state index in [0.717, 1.165) is 12.3 Å². The number of hydrogen-bond donors (Lipinski definition) is 2. The lowest BCUT2D eigenvalue weighted by Gasteiger charge is -2.31. The Hall–Kier alpha value is -0.0800. The van der Waals surface area contributed by atoms with Crippen molar-refractivity contribution in [1.82, 2.24) is 5.32 Å². The number of hydrogen-bond acceptors (Lipinski definition) is 2. The predicted molar refractivity (Wildman–Crippen MR) is 58.2 cm³/mol. The molecular weight excluding hydrogens is 174 g/mol. The fraction of sp³-hybridized carbons (Fsp3) is 1.00. The van der Waals surface area contributed by atoms with Gasteiger partial charge in [-0.2, -0.15) is 0 Å². The summed E-state index contributed by atoms with van der Waals surface area (Å²) in [5, 5.41) is 13.5. The summed E-state index contributed by atoms with van der Waals surface area (Å²) in [6.45, 7) is 2.33. The molecule has 0 aliphatic heterocycles. The highest BCUT2D eigenvalue weighted by Crippen LogP contribution is 2.27. The first kappa shape index (κ1) is 10.4. The van der Waals surface area contributed by atoms with Gasteiger partial charge in [0.05, 0.1) is 6.10 Å². The van der Waals surface area contributed by atoms with E-state index in [9.17, 15) is 5.11 Å². The zero-order valence-corrected chi connectivity index (χ0v) is 9.21. The Labute approximate surface area is 87.1 Å². The van der Waals surface area contributed by atoms with Gasteiger partial charge in [0.2, 0.25) is 0 Å². The molecule has 0 spiro atoms. The maximum atomic E-state index is 9.83. The molecule has 0 bridgehead atoms. The summed E-state index contributed by atoms with van der Waals surface area (Å²) >= 11 is 0. The lowest BCUT2D eigenvalue weighted by atomic mass is 9.92. The summed E-state index contributed by atoms with van der Waals surface area (Å²) in [5.74, 6) is 0.883. The van der Waals surface area contributed by atoms with Crippen LogP contribution < -0.4 is 5.32 Å². The van der Waals surface area contributed by atoms with Crippen LogP contribution in [0.1, 0.15) is 51.9 Å². The summed E-state index contributed by atoms with van der Waals surface area (Å²) in [4.78, 5) is 0. The molecule has 2 saturated carbocycles. The van der Waals surface area contributed by atoms with Crippen molar-refractivity contribution in [2.24, 2.45) is 5.92 Å². The van der Waals surface area contributed by atoms with Crippen LogP contribution in [0.4, 0.5) is 0 Å². The normalized spacial score (nSPS) is 44.1. The van der Waals surface area contributed by atoms with E-state index in [1.54, 1.807) is 0 Å². The second-order valence-electron chi connectivity index (χ2n) is 5.24. The van der Waals surface area contributed by atoms with Crippen LogP contribution in [0, 0.1) is 5.92 Å². The molecule has 2 aliphatic rings. The smallest absolute Gasteiger partial charge is 0.0693 e. The Bertz CT molecular complexity index is 183. The van der Waals surface area contributed by atoms with Crippen LogP contribution in [-0.4, -0.2) is 23.3 Å². The SMILES string of the molecule is C[C@@H]1CC[C@H](N[C@H]2CCCC[C@@H]2O)C1. The van der Waals surface area contributed by atoms with E-state index in [4.69, 9.17) is 0 Å². The fourth-order valence-corrected chi connectivity index (χ4v) is 2.97. The molecule has 2 aliphatic carbocycles. The molecular formula is C12H23NO. The third-order valence-electron chi connectivity index (χ3n) is 3.87. The maximum absolute atomic E-state index is 9.83. The Balaban J connectivity index is 1.78. The van der Waals surface area contributed by atoms with Crippen molar-refractivity contribution in [2.45, 2.75) is 70.1 Å². The van der Waals surface area contributed by atoms with E-state index < -0.39 is 0 Å². The van der Waals surface area contributed by atoms with Gasteiger partial charge in [-0.25, -0.2) is 0 Å². The van der Waals surface area contributed by atoms with Gasteiger partial charge in [0.1, 0.15) is 0 Å². The first-order chi connectivity index (χ1) is 6.75. The number of rotatable bonds is 2. The molecule has 2 rings (SSSR count). The molecule has 0 unspecified atom stereocenters. The third-order valence-corrected chi connectivity index (χ3v) is 3.87. The highest BCUT2D eigenvalue weighted by Gasteiger charge is 2.28. The van der Waals surface area contributed by atoms with E-state index in [-0.39, 0.29) is 6.10 Å². The number of aliphatic hydroxyl groups is 1. The van der Waals surface area contributed by atoms with Gasteiger partial charge in [-0.3, -0.25) is 0 Å². The highest BCUT2D eigenvalue weighted by atomic mass is 16.3. The third kappa shape index (κ3) is 2.48. The molecule has 0 aromatic heterocycles. The van der Waals surface area contributed by atoms with E-state index in [1.807, 2.05) is 0 Å².